The Kier molecular flexibility index (Phi) is 2.62. The van der Waals surface area contributed by atoms with Gasteiger partial charge in [0.1, 0.15) is 6.07 Å². The number of hydrogen-bond donors (Lipinski definition) is 0. The van der Waals surface area contributed by atoms with Crippen LogP contribution in [0.4, 0.5) is 0 Å². The van der Waals surface area contributed by atoms with E-state index in [4.69, 9.17) is 5.26 Å². The van der Waals surface area contributed by atoms with Gasteiger partial charge in [0.25, 0.3) is 0 Å². The molecule has 0 unspecified atom stereocenters. The van der Waals surface area contributed by atoms with Crippen LogP contribution in [0.2, 0.25) is 0 Å². The number of hydrogen-bond acceptors (Lipinski definition) is 4. The van der Waals surface area contributed by atoms with Crippen molar-refractivity contribution in [3.05, 3.63) is 28.5 Å². The fourth-order valence-corrected chi connectivity index (χ4v) is 1.40. The lowest BCUT2D eigenvalue weighted by molar-refractivity contribution is -0.297. The molecular weight excluding hydrogens is 174 g/mol. The second-order valence-corrected chi connectivity index (χ2v) is 2.91. The molecule has 0 saturated heterocycles. The zero-order valence-electron chi connectivity index (χ0n) is 5.98. The van der Waals surface area contributed by atoms with Gasteiger partial charge in [0.15, 0.2) is 0 Å². The molecule has 0 aliphatic heterocycles. The van der Waals surface area contributed by atoms with Gasteiger partial charge in [0, 0.05) is 4.88 Å². The number of carboxylic acids is 1. The lowest BCUT2D eigenvalue weighted by Crippen LogP contribution is -2.19. The van der Waals surface area contributed by atoms with E-state index in [1.807, 2.05) is 0 Å². The summed E-state index contributed by atoms with van der Waals surface area (Å²) in [6.07, 6.45) is 0.797. The predicted octanol–water partition coefficient (Wildman–Crippen LogP) is 0.405. The zero-order chi connectivity index (χ0) is 8.97. The van der Waals surface area contributed by atoms with Crippen molar-refractivity contribution in [2.24, 2.45) is 0 Å². The number of nitrogens with zero attached hydrogens (tertiary/aromatic N) is 1. The smallest absolute Gasteiger partial charge is 0.101 e. The third-order valence-corrected chi connectivity index (χ3v) is 2.07. The van der Waals surface area contributed by atoms with Gasteiger partial charge in [0.2, 0.25) is 0 Å². The first-order chi connectivity index (χ1) is 5.74. The van der Waals surface area contributed by atoms with Crippen molar-refractivity contribution in [3.8, 4) is 6.07 Å². The maximum atomic E-state index is 10.1. The number of nitriles is 1. The van der Waals surface area contributed by atoms with E-state index < -0.39 is 5.97 Å². The molecule has 1 rings (SSSR count). The molecule has 1 heterocycles. The normalized spacial score (nSPS) is 10.8. The Balaban J connectivity index is 3.01. The van der Waals surface area contributed by atoms with Crippen LogP contribution in [0.1, 0.15) is 4.88 Å². The molecule has 0 saturated carbocycles. The second-order valence-electron chi connectivity index (χ2n) is 1.97. The van der Waals surface area contributed by atoms with Gasteiger partial charge < -0.3 is 9.90 Å². The van der Waals surface area contributed by atoms with Crippen LogP contribution < -0.4 is 5.11 Å². The van der Waals surface area contributed by atoms with E-state index in [1.165, 1.54) is 11.3 Å². The molecule has 0 aliphatic rings. The summed E-state index contributed by atoms with van der Waals surface area (Å²) in [6.45, 7) is 0. The molecule has 0 radical (unpaired) electrons. The highest BCUT2D eigenvalue weighted by atomic mass is 32.1. The Labute approximate surface area is 73.2 Å². The van der Waals surface area contributed by atoms with Gasteiger partial charge in [-0.05, 0) is 17.5 Å². The Hall–Kier alpha value is -1.60. The molecule has 1 aromatic heterocycles. The van der Waals surface area contributed by atoms with Crippen LogP contribution in [-0.2, 0) is 4.79 Å². The second kappa shape index (κ2) is 3.69. The van der Waals surface area contributed by atoms with Crippen molar-refractivity contribution in [3.63, 3.8) is 0 Å². The molecule has 60 valence electrons. The van der Waals surface area contributed by atoms with E-state index in [1.54, 1.807) is 23.6 Å². The number of rotatable bonds is 2. The fraction of sp³-hybridized carbons (Fsp3) is 0. The van der Waals surface area contributed by atoms with Gasteiger partial charge in [-0.3, -0.25) is 0 Å². The maximum absolute atomic E-state index is 10.1. The molecule has 0 fully saturated rings. The van der Waals surface area contributed by atoms with Gasteiger partial charge in [-0.2, -0.15) is 5.26 Å². The van der Waals surface area contributed by atoms with Gasteiger partial charge in [-0.25, -0.2) is 0 Å². The van der Waals surface area contributed by atoms with Gasteiger partial charge >= 0.3 is 0 Å². The summed E-state index contributed by atoms with van der Waals surface area (Å²) >= 11 is 1.32. The van der Waals surface area contributed by atoms with Crippen molar-refractivity contribution < 1.29 is 9.90 Å². The number of allylic oxidation sites excluding steroid dienone is 1. The first-order valence-electron chi connectivity index (χ1n) is 3.10. The Morgan fingerprint density at radius 3 is 2.92 bits per heavy atom. The number of thiophene rings is 1. The lowest BCUT2D eigenvalue weighted by atomic mass is 10.2. The standard InChI is InChI=1S/C8H5NO2S/c9-5-6(4-8(10)11)7-2-1-3-12-7/h1-4H,(H,10,11)/p-1/b6-4-. The highest BCUT2D eigenvalue weighted by Gasteiger charge is 1.99. The van der Waals surface area contributed by atoms with Gasteiger partial charge in [0.05, 0.1) is 11.5 Å². The highest BCUT2D eigenvalue weighted by molar-refractivity contribution is 7.11. The Morgan fingerprint density at radius 1 is 1.75 bits per heavy atom. The highest BCUT2D eigenvalue weighted by Crippen LogP contribution is 2.18. The SMILES string of the molecule is N#C/C(=C/C(=O)[O-])c1cccs1. The quantitative estimate of drug-likeness (QED) is 0.486. The summed E-state index contributed by atoms with van der Waals surface area (Å²) in [5, 5.41) is 20.4. The third kappa shape index (κ3) is 1.94. The average molecular weight is 178 g/mol. The molecule has 4 heteroatoms. The fourth-order valence-electron chi connectivity index (χ4n) is 0.708. The van der Waals surface area contributed by atoms with Crippen molar-refractivity contribution >= 4 is 22.9 Å². The van der Waals surface area contributed by atoms with Gasteiger partial charge in [-0.1, -0.05) is 6.07 Å². The summed E-state index contributed by atoms with van der Waals surface area (Å²) in [5.41, 5.74) is 0.130. The summed E-state index contributed by atoms with van der Waals surface area (Å²) in [7, 11) is 0. The van der Waals surface area contributed by atoms with E-state index in [0.29, 0.717) is 4.88 Å². The molecular formula is C8H4NO2S-. The van der Waals surface area contributed by atoms with E-state index >= 15 is 0 Å². The monoisotopic (exact) mass is 178 g/mol. The van der Waals surface area contributed by atoms with Crippen LogP contribution in [0, 0.1) is 11.3 Å². The molecule has 0 spiro atoms. The number of carboxylic acid groups (broad SMARTS) is 1. The maximum Gasteiger partial charge on any atom is 0.101 e. The van der Waals surface area contributed by atoms with E-state index in [0.717, 1.165) is 6.08 Å². The van der Waals surface area contributed by atoms with Gasteiger partial charge in [-0.15, -0.1) is 11.3 Å². The van der Waals surface area contributed by atoms with Crippen LogP contribution in [0.25, 0.3) is 5.57 Å². The van der Waals surface area contributed by atoms with Crippen molar-refractivity contribution in [1.82, 2.24) is 0 Å². The first kappa shape index (κ1) is 8.50. The summed E-state index contributed by atoms with van der Waals surface area (Å²) in [6, 6.07) is 5.22. The average Bonchev–Trinajstić information content (AvgIpc) is 2.51. The van der Waals surface area contributed by atoms with Crippen LogP contribution >= 0.6 is 11.3 Å². The summed E-state index contributed by atoms with van der Waals surface area (Å²) in [4.78, 5) is 10.8. The molecule has 0 amide bonds. The zero-order valence-corrected chi connectivity index (χ0v) is 6.80. The summed E-state index contributed by atoms with van der Waals surface area (Å²) < 4.78 is 0. The molecule has 0 aromatic carbocycles. The van der Waals surface area contributed by atoms with Crippen molar-refractivity contribution in [2.75, 3.05) is 0 Å². The van der Waals surface area contributed by atoms with Crippen LogP contribution in [0.15, 0.2) is 23.6 Å². The van der Waals surface area contributed by atoms with Crippen molar-refractivity contribution in [2.45, 2.75) is 0 Å². The molecule has 0 atom stereocenters. The van der Waals surface area contributed by atoms with Crippen LogP contribution in [0.5, 0.6) is 0 Å². The predicted molar refractivity (Wildman–Crippen MR) is 42.9 cm³/mol. The minimum Gasteiger partial charge on any atom is -0.545 e. The largest absolute Gasteiger partial charge is 0.545 e. The lowest BCUT2D eigenvalue weighted by Gasteiger charge is -1.94. The van der Waals surface area contributed by atoms with Crippen LogP contribution in [-0.4, -0.2) is 5.97 Å². The molecule has 0 aliphatic carbocycles. The van der Waals surface area contributed by atoms with Crippen molar-refractivity contribution in [1.29, 1.82) is 5.26 Å². The molecule has 1 aromatic rings. The molecule has 0 N–H and O–H groups in total. The van der Waals surface area contributed by atoms with Crippen LogP contribution in [0.3, 0.4) is 0 Å². The minimum atomic E-state index is -1.35. The number of carbonyl (C=O) groups excluding carboxylic acids is 1. The number of carbonyl (C=O) groups is 1. The summed E-state index contributed by atoms with van der Waals surface area (Å²) in [5.74, 6) is -1.35. The third-order valence-electron chi connectivity index (χ3n) is 1.17. The number of aliphatic carboxylic acids is 1. The molecule has 12 heavy (non-hydrogen) atoms. The van der Waals surface area contributed by atoms with E-state index in [9.17, 15) is 9.90 Å². The topological polar surface area (TPSA) is 63.9 Å². The Bertz CT molecular complexity index is 346. The minimum absolute atomic E-state index is 0.130. The molecule has 3 nitrogen and oxygen atoms in total. The molecule has 0 bridgehead atoms. The van der Waals surface area contributed by atoms with E-state index in [2.05, 4.69) is 0 Å². The van der Waals surface area contributed by atoms with E-state index in [-0.39, 0.29) is 5.57 Å². The Morgan fingerprint density at radius 2 is 2.50 bits per heavy atom. The first-order valence-corrected chi connectivity index (χ1v) is 3.98.